The van der Waals surface area contributed by atoms with Gasteiger partial charge < -0.3 is 9.84 Å². The molecule has 1 unspecified atom stereocenters. The molecule has 0 fully saturated rings. The average Bonchev–Trinajstić information content (AvgIpc) is 2.76. The number of carbonyl (C=O) groups is 2. The highest BCUT2D eigenvalue weighted by molar-refractivity contribution is 5.69. The van der Waals surface area contributed by atoms with E-state index in [1.54, 1.807) is 0 Å². The molecule has 0 aromatic heterocycles. The van der Waals surface area contributed by atoms with E-state index in [1.165, 1.54) is 44.9 Å². The van der Waals surface area contributed by atoms with Gasteiger partial charge in [-0.2, -0.15) is 0 Å². The van der Waals surface area contributed by atoms with Gasteiger partial charge in [0.05, 0.1) is 0 Å². The second-order valence-corrected chi connectivity index (χ2v) is 8.87. The standard InChI is InChI=1S/C28H50O4/c1-3-5-7-9-10-11-12-13-14-15-21-25-28(31)32-26(22-18-8-6-4-2)23-19-16-17-20-24-27(29)30/h9-10,18,22,26H,3-8,11-17,19-21,23-25H2,1-2H3,(H,29,30)/b10-9-,22-18-. The molecule has 0 amide bonds. The molecule has 0 heterocycles. The molecule has 0 saturated heterocycles. The Bertz CT molecular complexity index is 496. The highest BCUT2D eigenvalue weighted by atomic mass is 16.5. The van der Waals surface area contributed by atoms with Crippen LogP contribution in [-0.2, 0) is 14.3 Å². The number of hydrogen-bond donors (Lipinski definition) is 1. The summed E-state index contributed by atoms with van der Waals surface area (Å²) in [5, 5.41) is 8.71. The summed E-state index contributed by atoms with van der Waals surface area (Å²) >= 11 is 0. The Hall–Kier alpha value is -1.58. The van der Waals surface area contributed by atoms with Gasteiger partial charge in [0, 0.05) is 12.8 Å². The number of allylic oxidation sites excluding steroid dienone is 3. The van der Waals surface area contributed by atoms with Crippen molar-refractivity contribution in [2.24, 2.45) is 0 Å². The third kappa shape index (κ3) is 23.1. The topological polar surface area (TPSA) is 63.6 Å². The maximum atomic E-state index is 12.3. The lowest BCUT2D eigenvalue weighted by molar-refractivity contribution is -0.147. The predicted octanol–water partition coefficient (Wildman–Crippen LogP) is 8.55. The van der Waals surface area contributed by atoms with E-state index in [0.717, 1.165) is 64.2 Å². The van der Waals surface area contributed by atoms with Crippen LogP contribution < -0.4 is 0 Å². The van der Waals surface area contributed by atoms with Gasteiger partial charge >= 0.3 is 11.9 Å². The molecule has 0 aliphatic rings. The SMILES string of the molecule is CCCC/C=C\CCCCCCCC(=O)OC(/C=C\CCCC)CCCCCCC(=O)O. The Balaban J connectivity index is 3.97. The minimum atomic E-state index is -0.727. The van der Waals surface area contributed by atoms with Crippen molar-refractivity contribution in [3.8, 4) is 0 Å². The van der Waals surface area contributed by atoms with Gasteiger partial charge in [-0.15, -0.1) is 0 Å². The van der Waals surface area contributed by atoms with Crippen molar-refractivity contribution in [1.29, 1.82) is 0 Å². The van der Waals surface area contributed by atoms with Crippen LogP contribution in [0.1, 0.15) is 136 Å². The fraction of sp³-hybridized carbons (Fsp3) is 0.786. The van der Waals surface area contributed by atoms with E-state index in [-0.39, 0.29) is 18.5 Å². The largest absolute Gasteiger partial charge is 0.481 e. The molecule has 0 aromatic carbocycles. The molecule has 1 atom stereocenters. The fourth-order valence-electron chi connectivity index (χ4n) is 3.59. The minimum absolute atomic E-state index is 0.0834. The van der Waals surface area contributed by atoms with Crippen LogP contribution in [0.25, 0.3) is 0 Å². The maximum absolute atomic E-state index is 12.3. The quantitative estimate of drug-likeness (QED) is 0.0962. The lowest BCUT2D eigenvalue weighted by Gasteiger charge is -2.14. The lowest BCUT2D eigenvalue weighted by Crippen LogP contribution is -2.16. The molecular formula is C28H50O4. The molecule has 0 aliphatic carbocycles. The van der Waals surface area contributed by atoms with Gasteiger partial charge in [-0.3, -0.25) is 9.59 Å². The zero-order chi connectivity index (χ0) is 23.7. The van der Waals surface area contributed by atoms with E-state index >= 15 is 0 Å². The van der Waals surface area contributed by atoms with Crippen molar-refractivity contribution in [3.63, 3.8) is 0 Å². The number of hydrogen-bond acceptors (Lipinski definition) is 3. The summed E-state index contributed by atoms with van der Waals surface area (Å²) in [6.45, 7) is 4.40. The summed E-state index contributed by atoms with van der Waals surface area (Å²) in [5.41, 5.74) is 0. The van der Waals surface area contributed by atoms with Crippen LogP contribution in [0, 0.1) is 0 Å². The zero-order valence-electron chi connectivity index (χ0n) is 21.0. The predicted molar refractivity (Wildman–Crippen MR) is 135 cm³/mol. The van der Waals surface area contributed by atoms with Gasteiger partial charge in [0.25, 0.3) is 0 Å². The van der Waals surface area contributed by atoms with Crippen LogP contribution in [0.4, 0.5) is 0 Å². The lowest BCUT2D eigenvalue weighted by atomic mass is 10.1. The van der Waals surface area contributed by atoms with Crippen LogP contribution in [0.15, 0.2) is 24.3 Å². The summed E-state index contributed by atoms with van der Waals surface area (Å²) < 4.78 is 5.74. The number of ether oxygens (including phenoxy) is 1. The van der Waals surface area contributed by atoms with Gasteiger partial charge in [0.2, 0.25) is 0 Å². The van der Waals surface area contributed by atoms with Crippen molar-refractivity contribution >= 4 is 11.9 Å². The van der Waals surface area contributed by atoms with Crippen LogP contribution >= 0.6 is 0 Å². The molecule has 4 heteroatoms. The van der Waals surface area contributed by atoms with E-state index in [9.17, 15) is 9.59 Å². The summed E-state index contributed by atoms with van der Waals surface area (Å²) in [6, 6.07) is 0. The normalized spacial score (nSPS) is 12.6. The van der Waals surface area contributed by atoms with Crippen molar-refractivity contribution < 1.29 is 19.4 Å². The minimum Gasteiger partial charge on any atom is -0.481 e. The van der Waals surface area contributed by atoms with Crippen LogP contribution in [-0.4, -0.2) is 23.1 Å². The molecule has 32 heavy (non-hydrogen) atoms. The molecule has 186 valence electrons. The van der Waals surface area contributed by atoms with E-state index in [4.69, 9.17) is 9.84 Å². The summed E-state index contributed by atoms with van der Waals surface area (Å²) in [5.74, 6) is -0.810. The Labute approximate surface area is 197 Å². The Morgan fingerprint density at radius 3 is 1.88 bits per heavy atom. The van der Waals surface area contributed by atoms with Gasteiger partial charge in [0.15, 0.2) is 0 Å². The van der Waals surface area contributed by atoms with E-state index in [1.807, 2.05) is 0 Å². The molecule has 0 aromatic rings. The first-order valence-corrected chi connectivity index (χ1v) is 13.3. The molecule has 0 saturated carbocycles. The number of unbranched alkanes of at least 4 members (excludes halogenated alkanes) is 12. The van der Waals surface area contributed by atoms with E-state index < -0.39 is 5.97 Å². The van der Waals surface area contributed by atoms with Crippen molar-refractivity contribution in [3.05, 3.63) is 24.3 Å². The second kappa shape index (κ2) is 24.1. The van der Waals surface area contributed by atoms with Gasteiger partial charge in [-0.25, -0.2) is 0 Å². The molecule has 1 N–H and O–H groups in total. The van der Waals surface area contributed by atoms with Gasteiger partial charge in [0.1, 0.15) is 6.10 Å². The smallest absolute Gasteiger partial charge is 0.306 e. The second-order valence-electron chi connectivity index (χ2n) is 8.87. The highest BCUT2D eigenvalue weighted by Crippen LogP contribution is 2.14. The summed E-state index contributed by atoms with van der Waals surface area (Å²) in [4.78, 5) is 22.9. The summed E-state index contributed by atoms with van der Waals surface area (Å²) in [6.07, 6.45) is 27.8. The Morgan fingerprint density at radius 2 is 1.22 bits per heavy atom. The first kappa shape index (κ1) is 30.4. The molecule has 0 spiro atoms. The fourth-order valence-corrected chi connectivity index (χ4v) is 3.59. The number of aliphatic carboxylic acids is 1. The van der Waals surface area contributed by atoms with Crippen molar-refractivity contribution in [2.45, 2.75) is 142 Å². The first-order valence-electron chi connectivity index (χ1n) is 13.3. The third-order valence-electron chi connectivity index (χ3n) is 5.63. The third-order valence-corrected chi connectivity index (χ3v) is 5.63. The van der Waals surface area contributed by atoms with E-state index in [0.29, 0.717) is 6.42 Å². The summed E-state index contributed by atoms with van der Waals surface area (Å²) in [7, 11) is 0. The molecule has 0 rings (SSSR count). The van der Waals surface area contributed by atoms with Gasteiger partial charge in [-0.05, 0) is 57.4 Å². The zero-order valence-corrected chi connectivity index (χ0v) is 21.0. The molecule has 0 bridgehead atoms. The Kier molecular flexibility index (Phi) is 22.9. The van der Waals surface area contributed by atoms with Crippen molar-refractivity contribution in [2.75, 3.05) is 0 Å². The number of carboxylic acids is 1. The van der Waals surface area contributed by atoms with Gasteiger partial charge in [-0.1, -0.05) is 89.9 Å². The van der Waals surface area contributed by atoms with Crippen molar-refractivity contribution in [1.82, 2.24) is 0 Å². The molecule has 0 aliphatic heterocycles. The highest BCUT2D eigenvalue weighted by Gasteiger charge is 2.11. The maximum Gasteiger partial charge on any atom is 0.306 e. The monoisotopic (exact) mass is 450 g/mol. The number of esters is 1. The number of carboxylic acid groups (broad SMARTS) is 1. The van der Waals surface area contributed by atoms with Crippen LogP contribution in [0.2, 0.25) is 0 Å². The van der Waals surface area contributed by atoms with E-state index in [2.05, 4.69) is 38.2 Å². The van der Waals surface area contributed by atoms with Crippen LogP contribution in [0.3, 0.4) is 0 Å². The molecular weight excluding hydrogens is 400 g/mol. The number of rotatable bonds is 23. The Morgan fingerprint density at radius 1 is 0.688 bits per heavy atom. The molecule has 0 radical (unpaired) electrons. The molecule has 4 nitrogen and oxygen atoms in total. The van der Waals surface area contributed by atoms with Crippen LogP contribution in [0.5, 0.6) is 0 Å². The average molecular weight is 451 g/mol. The first-order chi connectivity index (χ1) is 15.6. The number of carbonyl (C=O) groups excluding carboxylic acids is 1.